The topological polar surface area (TPSA) is 66.4 Å². The van der Waals surface area contributed by atoms with Crippen molar-refractivity contribution in [3.05, 3.63) is 66.9 Å². The van der Waals surface area contributed by atoms with Crippen molar-refractivity contribution in [3.63, 3.8) is 0 Å². The van der Waals surface area contributed by atoms with Crippen molar-refractivity contribution in [1.82, 2.24) is 4.98 Å². The number of pyridine rings is 1. The number of ether oxygens (including phenoxy) is 1. The first kappa shape index (κ1) is 16.0. The fourth-order valence-corrected chi connectivity index (χ4v) is 2.69. The molecule has 0 radical (unpaired) electrons. The molecule has 5 nitrogen and oxygen atoms in total. The lowest BCUT2D eigenvalue weighted by atomic mass is 10.3. The average molecular weight is 339 g/mol. The molecule has 0 fully saturated rings. The molecule has 0 unspecified atom stereocenters. The first-order chi connectivity index (χ1) is 11.7. The first-order valence-electron chi connectivity index (χ1n) is 7.32. The maximum absolute atomic E-state index is 9.36. The lowest BCUT2D eigenvalue weighted by Crippen LogP contribution is -1.98. The lowest BCUT2D eigenvalue weighted by molar-refractivity contribution is 0.414. The Morgan fingerprint density at radius 2 is 1.75 bits per heavy atom. The van der Waals surface area contributed by atoms with Gasteiger partial charge in [0.25, 0.3) is 0 Å². The fraction of sp³-hybridized carbons (Fsp3) is 0.0556. The molecule has 6 heteroatoms. The third kappa shape index (κ3) is 4.11. The van der Waals surface area contributed by atoms with E-state index in [1.807, 2.05) is 36.4 Å². The van der Waals surface area contributed by atoms with Gasteiger partial charge in [0, 0.05) is 16.8 Å². The summed E-state index contributed by atoms with van der Waals surface area (Å²) < 4.78 is 8.46. The quantitative estimate of drug-likeness (QED) is 0.448. The Hall–Kier alpha value is -2.86. The predicted octanol–water partition coefficient (Wildman–Crippen LogP) is 4.66. The van der Waals surface area contributed by atoms with Gasteiger partial charge in [-0.25, -0.2) is 4.98 Å². The molecule has 3 N–H and O–H groups in total. The van der Waals surface area contributed by atoms with Crippen LogP contribution in [0, 0.1) is 0 Å². The second-order valence-electron chi connectivity index (χ2n) is 4.95. The zero-order chi connectivity index (χ0) is 16.8. The molecule has 0 saturated carbocycles. The van der Waals surface area contributed by atoms with Crippen molar-refractivity contribution < 1.29 is 9.84 Å². The van der Waals surface area contributed by atoms with Crippen LogP contribution in [0.5, 0.6) is 11.5 Å². The fourth-order valence-electron chi connectivity index (χ4n) is 2.03. The van der Waals surface area contributed by atoms with Crippen LogP contribution in [0.3, 0.4) is 0 Å². The van der Waals surface area contributed by atoms with Gasteiger partial charge < -0.3 is 19.9 Å². The molecule has 0 bridgehead atoms. The van der Waals surface area contributed by atoms with E-state index in [0.717, 1.165) is 22.0 Å². The molecule has 3 aromatic rings. The van der Waals surface area contributed by atoms with Crippen molar-refractivity contribution in [2.75, 3.05) is 17.1 Å². The average Bonchev–Trinajstić information content (AvgIpc) is 2.63. The Morgan fingerprint density at radius 1 is 1.00 bits per heavy atom. The predicted molar refractivity (Wildman–Crippen MR) is 98.1 cm³/mol. The Kier molecular flexibility index (Phi) is 5.08. The molecular weight excluding hydrogens is 322 g/mol. The highest BCUT2D eigenvalue weighted by Crippen LogP contribution is 2.29. The van der Waals surface area contributed by atoms with Gasteiger partial charge in [-0.1, -0.05) is 0 Å². The number of nitrogens with zero attached hydrogens (tertiary/aromatic N) is 1. The highest BCUT2D eigenvalue weighted by molar-refractivity contribution is 8.00. The Morgan fingerprint density at radius 3 is 2.46 bits per heavy atom. The third-order valence-electron chi connectivity index (χ3n) is 3.28. The molecule has 0 spiro atoms. The summed E-state index contributed by atoms with van der Waals surface area (Å²) in [5, 5.41) is 12.6. The second-order valence-corrected chi connectivity index (χ2v) is 5.83. The van der Waals surface area contributed by atoms with E-state index in [1.54, 1.807) is 37.6 Å². The maximum atomic E-state index is 9.36. The van der Waals surface area contributed by atoms with Gasteiger partial charge in [0.05, 0.1) is 12.8 Å². The number of phenolic OH excluding ortho intramolecular Hbond substituents is 1. The minimum absolute atomic E-state index is 0.231. The number of benzene rings is 2. The number of aromatic hydroxyl groups is 1. The summed E-state index contributed by atoms with van der Waals surface area (Å²) in [7, 11) is 1.65. The molecule has 1 heterocycles. The summed E-state index contributed by atoms with van der Waals surface area (Å²) in [6, 6.07) is 18.5. The van der Waals surface area contributed by atoms with Crippen LogP contribution in [0.15, 0.2) is 71.8 Å². The minimum Gasteiger partial charge on any atom is -0.508 e. The molecule has 24 heavy (non-hydrogen) atoms. The molecule has 0 aliphatic carbocycles. The van der Waals surface area contributed by atoms with Crippen LogP contribution in [-0.4, -0.2) is 17.2 Å². The molecule has 0 aliphatic heterocycles. The monoisotopic (exact) mass is 339 g/mol. The number of hydrogen-bond acceptors (Lipinski definition) is 6. The van der Waals surface area contributed by atoms with Crippen LogP contribution >= 0.6 is 11.9 Å². The van der Waals surface area contributed by atoms with E-state index in [2.05, 4.69) is 15.0 Å². The second kappa shape index (κ2) is 7.61. The number of aromatic nitrogens is 1. The van der Waals surface area contributed by atoms with Gasteiger partial charge in [0.15, 0.2) is 5.82 Å². The smallest absolute Gasteiger partial charge is 0.154 e. The number of methoxy groups -OCH3 is 1. The molecule has 0 aliphatic rings. The van der Waals surface area contributed by atoms with Crippen LogP contribution in [0.2, 0.25) is 0 Å². The van der Waals surface area contributed by atoms with Gasteiger partial charge in [0.1, 0.15) is 11.5 Å². The van der Waals surface area contributed by atoms with Crippen LogP contribution in [0.1, 0.15) is 0 Å². The molecule has 122 valence electrons. The highest BCUT2D eigenvalue weighted by Gasteiger charge is 2.05. The van der Waals surface area contributed by atoms with E-state index in [-0.39, 0.29) is 5.75 Å². The van der Waals surface area contributed by atoms with Crippen LogP contribution in [0.4, 0.5) is 17.2 Å². The zero-order valence-electron chi connectivity index (χ0n) is 13.1. The zero-order valence-corrected chi connectivity index (χ0v) is 13.9. The van der Waals surface area contributed by atoms with Crippen LogP contribution < -0.4 is 14.8 Å². The number of nitrogens with one attached hydrogen (secondary N) is 2. The molecule has 0 amide bonds. The normalized spacial score (nSPS) is 10.2. The van der Waals surface area contributed by atoms with E-state index in [9.17, 15) is 5.11 Å². The van der Waals surface area contributed by atoms with Gasteiger partial charge in [-0.2, -0.15) is 0 Å². The Bertz CT molecular complexity index is 792. The van der Waals surface area contributed by atoms with Crippen molar-refractivity contribution >= 4 is 29.1 Å². The third-order valence-corrected chi connectivity index (χ3v) is 4.11. The van der Waals surface area contributed by atoms with E-state index in [1.165, 1.54) is 11.9 Å². The number of rotatable bonds is 6. The minimum atomic E-state index is 0.231. The van der Waals surface area contributed by atoms with Crippen molar-refractivity contribution in [2.24, 2.45) is 0 Å². The van der Waals surface area contributed by atoms with E-state index in [0.29, 0.717) is 5.82 Å². The van der Waals surface area contributed by atoms with Gasteiger partial charge in [-0.3, -0.25) is 0 Å². The maximum Gasteiger partial charge on any atom is 0.154 e. The van der Waals surface area contributed by atoms with Gasteiger partial charge >= 0.3 is 0 Å². The van der Waals surface area contributed by atoms with Crippen molar-refractivity contribution in [1.29, 1.82) is 0 Å². The lowest BCUT2D eigenvalue weighted by Gasteiger charge is -2.12. The van der Waals surface area contributed by atoms with Gasteiger partial charge in [-0.15, -0.1) is 0 Å². The molecular formula is C18H17N3O2S. The van der Waals surface area contributed by atoms with Gasteiger partial charge in [0.2, 0.25) is 0 Å². The largest absolute Gasteiger partial charge is 0.508 e. The Balaban J connectivity index is 1.70. The van der Waals surface area contributed by atoms with E-state index < -0.39 is 0 Å². The summed E-state index contributed by atoms with van der Waals surface area (Å²) in [6.07, 6.45) is 1.73. The first-order valence-corrected chi connectivity index (χ1v) is 8.14. The van der Waals surface area contributed by atoms with Crippen molar-refractivity contribution in [2.45, 2.75) is 4.90 Å². The summed E-state index contributed by atoms with van der Waals surface area (Å²) in [6.45, 7) is 0. The van der Waals surface area contributed by atoms with E-state index in [4.69, 9.17) is 4.74 Å². The summed E-state index contributed by atoms with van der Waals surface area (Å²) >= 11 is 1.49. The molecule has 1 aromatic heterocycles. The molecule has 0 atom stereocenters. The number of phenols is 1. The van der Waals surface area contributed by atoms with Crippen LogP contribution in [0.25, 0.3) is 0 Å². The molecule has 2 aromatic carbocycles. The molecule has 0 saturated heterocycles. The summed E-state index contributed by atoms with van der Waals surface area (Å²) in [5.41, 5.74) is 1.72. The number of hydrogen-bond donors (Lipinski definition) is 3. The molecule has 3 rings (SSSR count). The van der Waals surface area contributed by atoms with Crippen molar-refractivity contribution in [3.8, 4) is 11.5 Å². The highest BCUT2D eigenvalue weighted by atomic mass is 32.2. The van der Waals surface area contributed by atoms with Crippen LogP contribution in [-0.2, 0) is 0 Å². The van der Waals surface area contributed by atoms with E-state index >= 15 is 0 Å². The number of anilines is 3. The Labute approximate surface area is 144 Å². The van der Waals surface area contributed by atoms with Gasteiger partial charge in [-0.05, 0) is 72.6 Å². The standard InChI is InChI=1S/C18H17N3O2S/c1-23-15-8-10-16(11-9-15)24-21-17-3-2-12-19-18(17)20-13-4-6-14(22)7-5-13/h2-12,21-22H,1H3,(H,19,20). The summed E-state index contributed by atoms with van der Waals surface area (Å²) in [4.78, 5) is 5.43. The summed E-state index contributed by atoms with van der Waals surface area (Å²) in [5.74, 6) is 1.77. The SMILES string of the molecule is COc1ccc(SNc2cccnc2Nc2ccc(O)cc2)cc1.